The van der Waals surface area contributed by atoms with E-state index in [-0.39, 0.29) is 31.5 Å². The number of rotatable bonds is 8. The molecule has 0 aliphatic carbocycles. The van der Waals surface area contributed by atoms with Gasteiger partial charge in [0.15, 0.2) is 6.10 Å². The highest BCUT2D eigenvalue weighted by Crippen LogP contribution is 2.32. The van der Waals surface area contributed by atoms with Crippen molar-refractivity contribution >= 4 is 18.0 Å². The lowest BCUT2D eigenvalue weighted by molar-refractivity contribution is -0.147. The molecule has 7 heteroatoms. The van der Waals surface area contributed by atoms with Gasteiger partial charge in [0.25, 0.3) is 0 Å². The summed E-state index contributed by atoms with van der Waals surface area (Å²) in [5, 5.41) is 0. The molecule has 0 radical (unpaired) electrons. The Morgan fingerprint density at radius 1 is 1.11 bits per heavy atom. The van der Waals surface area contributed by atoms with Crippen LogP contribution in [-0.4, -0.2) is 56.7 Å². The Labute approximate surface area is 163 Å². The first-order chi connectivity index (χ1) is 13.6. The molecule has 0 N–H and O–H groups in total. The molecule has 0 unspecified atom stereocenters. The predicted octanol–water partition coefficient (Wildman–Crippen LogP) is 2.15. The van der Waals surface area contributed by atoms with Gasteiger partial charge in [-0.2, -0.15) is 0 Å². The average Bonchev–Trinajstić information content (AvgIpc) is 3.27. The summed E-state index contributed by atoms with van der Waals surface area (Å²) in [6, 6.07) is 7.16. The molecule has 1 aromatic rings. The van der Waals surface area contributed by atoms with Crippen LogP contribution in [0.4, 0.5) is 0 Å². The second kappa shape index (κ2) is 9.52. The highest BCUT2D eigenvalue weighted by molar-refractivity contribution is 5.87. The van der Waals surface area contributed by atoms with Gasteiger partial charge in [-0.1, -0.05) is 25.6 Å². The third-order valence-electron chi connectivity index (χ3n) is 4.58. The van der Waals surface area contributed by atoms with Crippen molar-refractivity contribution in [1.29, 1.82) is 0 Å². The number of carbonyl (C=O) groups is 2. The fourth-order valence-corrected chi connectivity index (χ4v) is 3.14. The standard InChI is InChI=1S/C21H24O7/c1-3-18(22)25-11-10-24-16-7-4-15(5-8-16)6-9-19(23)28-17-13-27-20-14(2)12-26-21(17)20/h3-9,14,17,20-21H,1,10-13H2,2H3/b9-6+/t14-,17-,20-,21-/m1/s1. The Morgan fingerprint density at radius 3 is 2.61 bits per heavy atom. The molecule has 2 fully saturated rings. The van der Waals surface area contributed by atoms with Crippen LogP contribution in [0.5, 0.6) is 5.75 Å². The normalized spacial score (nSPS) is 26.0. The van der Waals surface area contributed by atoms with E-state index < -0.39 is 11.9 Å². The van der Waals surface area contributed by atoms with Crippen molar-refractivity contribution in [3.63, 3.8) is 0 Å². The maximum absolute atomic E-state index is 12.1. The van der Waals surface area contributed by atoms with E-state index in [0.29, 0.717) is 24.9 Å². The molecular formula is C21H24O7. The third kappa shape index (κ3) is 5.21. The van der Waals surface area contributed by atoms with Crippen molar-refractivity contribution in [3.05, 3.63) is 48.6 Å². The van der Waals surface area contributed by atoms with Crippen LogP contribution in [0.15, 0.2) is 43.0 Å². The number of fused-ring (bicyclic) bond motifs is 1. The maximum Gasteiger partial charge on any atom is 0.331 e. The van der Waals surface area contributed by atoms with Crippen molar-refractivity contribution < 1.29 is 33.3 Å². The van der Waals surface area contributed by atoms with Gasteiger partial charge in [0, 0.05) is 18.1 Å². The van der Waals surface area contributed by atoms with Crippen molar-refractivity contribution in [2.45, 2.75) is 25.2 Å². The van der Waals surface area contributed by atoms with E-state index in [1.165, 1.54) is 6.08 Å². The van der Waals surface area contributed by atoms with Crippen LogP contribution in [0.2, 0.25) is 0 Å². The van der Waals surface area contributed by atoms with Gasteiger partial charge in [0.2, 0.25) is 0 Å². The lowest BCUT2D eigenvalue weighted by Gasteiger charge is -2.15. The molecule has 7 nitrogen and oxygen atoms in total. The zero-order valence-electron chi connectivity index (χ0n) is 15.7. The molecule has 2 saturated heterocycles. The molecule has 28 heavy (non-hydrogen) atoms. The maximum atomic E-state index is 12.1. The highest BCUT2D eigenvalue weighted by Gasteiger charge is 2.47. The van der Waals surface area contributed by atoms with Crippen LogP contribution in [0, 0.1) is 5.92 Å². The first-order valence-corrected chi connectivity index (χ1v) is 9.21. The van der Waals surface area contributed by atoms with Crippen LogP contribution >= 0.6 is 0 Å². The van der Waals surface area contributed by atoms with Gasteiger partial charge < -0.3 is 23.7 Å². The van der Waals surface area contributed by atoms with E-state index in [1.807, 2.05) is 12.1 Å². The lowest BCUT2D eigenvalue weighted by Crippen LogP contribution is -2.32. The summed E-state index contributed by atoms with van der Waals surface area (Å²) in [5.41, 5.74) is 0.827. The molecule has 1 aromatic carbocycles. The quantitative estimate of drug-likeness (QED) is 0.383. The third-order valence-corrected chi connectivity index (χ3v) is 4.58. The van der Waals surface area contributed by atoms with Crippen LogP contribution in [0.1, 0.15) is 12.5 Å². The first-order valence-electron chi connectivity index (χ1n) is 9.21. The zero-order chi connectivity index (χ0) is 19.9. The summed E-state index contributed by atoms with van der Waals surface area (Å²) in [5.74, 6) is 0.0430. The molecule has 2 aliphatic rings. The molecule has 0 amide bonds. The molecule has 150 valence electrons. The smallest absolute Gasteiger partial charge is 0.331 e. The summed E-state index contributed by atoms with van der Waals surface area (Å²) >= 11 is 0. The Morgan fingerprint density at radius 2 is 1.86 bits per heavy atom. The molecule has 2 aliphatic heterocycles. The Bertz CT molecular complexity index is 725. The second-order valence-electron chi connectivity index (χ2n) is 6.67. The van der Waals surface area contributed by atoms with Crippen molar-refractivity contribution in [2.24, 2.45) is 5.92 Å². The number of benzene rings is 1. The summed E-state index contributed by atoms with van der Waals surface area (Å²) in [7, 11) is 0. The molecule has 2 heterocycles. The molecule has 3 rings (SSSR count). The van der Waals surface area contributed by atoms with Gasteiger partial charge in [-0.3, -0.25) is 0 Å². The van der Waals surface area contributed by atoms with Gasteiger partial charge in [-0.15, -0.1) is 0 Å². The topological polar surface area (TPSA) is 80.3 Å². The van der Waals surface area contributed by atoms with Gasteiger partial charge in [0.05, 0.1) is 19.3 Å². The van der Waals surface area contributed by atoms with Gasteiger partial charge in [-0.05, 0) is 23.8 Å². The first kappa shape index (κ1) is 20.1. The number of esters is 2. The highest BCUT2D eigenvalue weighted by atomic mass is 16.6. The number of hydrogen-bond acceptors (Lipinski definition) is 7. The molecule has 4 atom stereocenters. The van der Waals surface area contributed by atoms with E-state index in [2.05, 4.69) is 13.5 Å². The largest absolute Gasteiger partial charge is 0.490 e. The fraction of sp³-hybridized carbons (Fsp3) is 0.429. The molecule has 0 bridgehead atoms. The van der Waals surface area contributed by atoms with Crippen LogP contribution in [0.3, 0.4) is 0 Å². The van der Waals surface area contributed by atoms with Gasteiger partial charge >= 0.3 is 11.9 Å². The van der Waals surface area contributed by atoms with Gasteiger partial charge in [0.1, 0.15) is 25.1 Å². The number of hydrogen-bond donors (Lipinski definition) is 0. The average molecular weight is 388 g/mol. The van der Waals surface area contributed by atoms with Crippen molar-refractivity contribution in [1.82, 2.24) is 0 Å². The van der Waals surface area contributed by atoms with Gasteiger partial charge in [-0.25, -0.2) is 9.59 Å². The van der Waals surface area contributed by atoms with E-state index in [4.69, 9.17) is 23.7 Å². The van der Waals surface area contributed by atoms with E-state index in [0.717, 1.165) is 11.6 Å². The SMILES string of the molecule is C=CC(=O)OCCOc1ccc(/C=C/C(=O)O[C@@H]2CO[C@H]3[C@@H]2OC[C@H]3C)cc1. The minimum absolute atomic E-state index is 0.00890. The predicted molar refractivity (Wildman–Crippen MR) is 101 cm³/mol. The van der Waals surface area contributed by atoms with Crippen molar-refractivity contribution in [3.8, 4) is 5.75 Å². The summed E-state index contributed by atoms with van der Waals surface area (Å²) < 4.78 is 27.1. The second-order valence-corrected chi connectivity index (χ2v) is 6.67. The minimum Gasteiger partial charge on any atom is -0.490 e. The molecule has 0 spiro atoms. The Hall–Kier alpha value is -2.64. The van der Waals surface area contributed by atoms with E-state index in [9.17, 15) is 9.59 Å². The van der Waals surface area contributed by atoms with Crippen molar-refractivity contribution in [2.75, 3.05) is 26.4 Å². The Kier molecular flexibility index (Phi) is 6.84. The lowest BCUT2D eigenvalue weighted by atomic mass is 10.0. The minimum atomic E-state index is -0.482. The summed E-state index contributed by atoms with van der Waals surface area (Å²) in [6.45, 7) is 6.77. The molecule has 0 saturated carbocycles. The fourth-order valence-electron chi connectivity index (χ4n) is 3.14. The monoisotopic (exact) mass is 388 g/mol. The molecular weight excluding hydrogens is 364 g/mol. The number of ether oxygens (including phenoxy) is 5. The zero-order valence-corrected chi connectivity index (χ0v) is 15.7. The summed E-state index contributed by atoms with van der Waals surface area (Å²) in [6.07, 6.45) is 3.63. The molecule has 0 aromatic heterocycles. The van der Waals surface area contributed by atoms with E-state index in [1.54, 1.807) is 18.2 Å². The number of carbonyl (C=O) groups excluding carboxylic acids is 2. The summed E-state index contributed by atoms with van der Waals surface area (Å²) in [4.78, 5) is 23.0. The van der Waals surface area contributed by atoms with Crippen LogP contribution in [0.25, 0.3) is 6.08 Å². The van der Waals surface area contributed by atoms with E-state index >= 15 is 0 Å². The van der Waals surface area contributed by atoms with Crippen LogP contribution < -0.4 is 4.74 Å². The van der Waals surface area contributed by atoms with Crippen LogP contribution in [-0.2, 0) is 28.5 Å². The Balaban J connectivity index is 1.42.